The molecule has 0 aliphatic carbocycles. The first kappa shape index (κ1) is 37.7. The Bertz CT molecular complexity index is 1960. The van der Waals surface area contributed by atoms with Crippen LogP contribution in [0.25, 0.3) is 10.8 Å². The molecule has 0 radical (unpaired) electrons. The number of imide groups is 1. The second-order valence-corrected chi connectivity index (χ2v) is 13.7. The van der Waals surface area contributed by atoms with Crippen LogP contribution >= 0.6 is 0 Å². The van der Waals surface area contributed by atoms with Gasteiger partial charge in [-0.2, -0.15) is 10.2 Å². The lowest BCUT2D eigenvalue weighted by molar-refractivity contribution is -0.138. The largest absolute Gasteiger partial charge is 0.479 e. The quantitative estimate of drug-likeness (QED) is 0.144. The zero-order valence-corrected chi connectivity index (χ0v) is 29.6. The molecule has 3 aromatic carbocycles. The van der Waals surface area contributed by atoms with E-state index in [1.807, 2.05) is 13.0 Å². The number of rotatable bonds is 9. The van der Waals surface area contributed by atoms with Gasteiger partial charge in [0.05, 0.1) is 18.2 Å². The van der Waals surface area contributed by atoms with E-state index < -0.39 is 41.5 Å². The zero-order valence-electron chi connectivity index (χ0n) is 29.6. The van der Waals surface area contributed by atoms with E-state index in [2.05, 4.69) is 15.6 Å². The smallest absolute Gasteiger partial charge is 0.425 e. The highest BCUT2D eigenvalue weighted by atomic mass is 16.6. The third-order valence-electron chi connectivity index (χ3n) is 7.21. The monoisotopic (exact) mass is 695 g/mol. The van der Waals surface area contributed by atoms with Crippen LogP contribution in [-0.2, 0) is 25.4 Å². The fourth-order valence-electron chi connectivity index (χ4n) is 5.00. The Hall–Kier alpha value is -6.16. The predicted molar refractivity (Wildman–Crippen MR) is 192 cm³/mol. The molecule has 3 N–H and O–H groups in total. The maximum Gasteiger partial charge on any atom is 0.425 e. The summed E-state index contributed by atoms with van der Waals surface area (Å²) in [6.07, 6.45) is -0.746. The number of aromatic nitrogens is 1. The van der Waals surface area contributed by atoms with Crippen LogP contribution in [0.5, 0.6) is 0 Å². The predicted octanol–water partition coefficient (Wildman–Crippen LogP) is 8.12. The van der Waals surface area contributed by atoms with Gasteiger partial charge in [-0.25, -0.2) is 24.2 Å². The zero-order chi connectivity index (χ0) is 37.5. The van der Waals surface area contributed by atoms with Gasteiger partial charge < -0.3 is 24.6 Å². The summed E-state index contributed by atoms with van der Waals surface area (Å²) in [7, 11) is 0. The fraction of sp³-hybridized carbons (Fsp3) is 0.316. The molecule has 0 aliphatic heterocycles. The number of nitrogens with zero attached hydrogens (tertiary/aromatic N) is 3. The molecule has 266 valence electrons. The Kier molecular flexibility index (Phi) is 11.5. The van der Waals surface area contributed by atoms with Crippen molar-refractivity contribution in [2.45, 2.75) is 72.1 Å². The van der Waals surface area contributed by atoms with Crippen molar-refractivity contribution in [3.05, 3.63) is 95.2 Å². The number of amides is 3. The van der Waals surface area contributed by atoms with Crippen LogP contribution in [0.1, 0.15) is 69.8 Å². The summed E-state index contributed by atoms with van der Waals surface area (Å²) < 4.78 is 16.3. The van der Waals surface area contributed by atoms with Crippen molar-refractivity contribution in [3.8, 4) is 6.07 Å². The minimum atomic E-state index is -1.12. The Balaban J connectivity index is 1.51. The van der Waals surface area contributed by atoms with Gasteiger partial charge in [-0.3, -0.25) is 5.32 Å². The van der Waals surface area contributed by atoms with E-state index in [0.717, 1.165) is 16.0 Å². The number of aliphatic carboxylic acids is 1. The van der Waals surface area contributed by atoms with E-state index in [0.29, 0.717) is 39.7 Å². The number of carbonyl (C=O) groups is 4. The molecule has 3 amide bonds. The number of carboxylic acids is 1. The molecule has 0 fully saturated rings. The Labute approximate surface area is 296 Å². The van der Waals surface area contributed by atoms with Crippen molar-refractivity contribution in [1.82, 2.24) is 4.98 Å². The number of fused-ring (bicyclic) bond motifs is 1. The number of pyridine rings is 1. The maximum absolute atomic E-state index is 13.3. The van der Waals surface area contributed by atoms with Crippen molar-refractivity contribution in [2.24, 2.45) is 0 Å². The minimum Gasteiger partial charge on any atom is -0.479 e. The lowest BCUT2D eigenvalue weighted by Crippen LogP contribution is -2.44. The number of nitrogens with one attached hydrogen (secondary N) is 2. The van der Waals surface area contributed by atoms with Crippen molar-refractivity contribution in [3.63, 3.8) is 0 Å². The molecule has 4 rings (SSSR count). The third kappa shape index (κ3) is 10.4. The number of benzene rings is 3. The van der Waals surface area contributed by atoms with Gasteiger partial charge in [-0.1, -0.05) is 24.3 Å². The number of aryl methyl sites for hydroxylation is 1. The van der Waals surface area contributed by atoms with Crippen LogP contribution in [-0.4, -0.2) is 52.1 Å². The number of nitriles is 1. The molecule has 0 spiro atoms. The number of ether oxygens (including phenoxy) is 3. The molecule has 1 atom stereocenters. The Morgan fingerprint density at radius 3 is 2.20 bits per heavy atom. The van der Waals surface area contributed by atoms with Crippen LogP contribution in [0.4, 0.5) is 31.6 Å². The summed E-state index contributed by atoms with van der Waals surface area (Å²) in [5, 5.41) is 25.9. The molecule has 13 heteroatoms. The molecule has 4 aromatic rings. The van der Waals surface area contributed by atoms with Gasteiger partial charge in [0, 0.05) is 29.4 Å². The average Bonchev–Trinajstić information content (AvgIpc) is 3.02. The van der Waals surface area contributed by atoms with E-state index in [9.17, 15) is 24.3 Å². The van der Waals surface area contributed by atoms with Crippen LogP contribution < -0.4 is 15.5 Å². The lowest BCUT2D eigenvalue weighted by atomic mass is 9.98. The highest BCUT2D eigenvalue weighted by Crippen LogP contribution is 2.31. The number of carbonyl (C=O) groups excluding carboxylic acids is 3. The molecule has 0 bridgehead atoms. The molecule has 51 heavy (non-hydrogen) atoms. The van der Waals surface area contributed by atoms with Crippen molar-refractivity contribution in [2.75, 3.05) is 22.1 Å². The van der Waals surface area contributed by atoms with Gasteiger partial charge in [0.15, 0.2) is 11.9 Å². The third-order valence-corrected chi connectivity index (χ3v) is 7.21. The first-order valence-electron chi connectivity index (χ1n) is 16.1. The molecule has 13 nitrogen and oxygen atoms in total. The van der Waals surface area contributed by atoms with Gasteiger partial charge in [0.1, 0.15) is 11.2 Å². The average molecular weight is 696 g/mol. The Morgan fingerprint density at radius 2 is 1.59 bits per heavy atom. The van der Waals surface area contributed by atoms with Gasteiger partial charge in [-0.15, -0.1) is 0 Å². The molecule has 0 aliphatic rings. The topological polar surface area (TPSA) is 180 Å². The summed E-state index contributed by atoms with van der Waals surface area (Å²) in [4.78, 5) is 56.3. The molecule has 0 saturated heterocycles. The van der Waals surface area contributed by atoms with Gasteiger partial charge in [0.25, 0.3) is 0 Å². The lowest BCUT2D eigenvalue weighted by Gasteiger charge is -2.28. The second-order valence-electron chi connectivity index (χ2n) is 13.7. The van der Waals surface area contributed by atoms with E-state index in [-0.39, 0.29) is 12.4 Å². The molecule has 1 aromatic heterocycles. The second kappa shape index (κ2) is 15.6. The van der Waals surface area contributed by atoms with Gasteiger partial charge in [0.2, 0.25) is 0 Å². The summed E-state index contributed by atoms with van der Waals surface area (Å²) in [5.74, 6) is -1.11. The minimum absolute atomic E-state index is 0.00166. The van der Waals surface area contributed by atoms with Crippen LogP contribution in [0.15, 0.2) is 72.9 Å². The fourth-order valence-corrected chi connectivity index (χ4v) is 5.00. The molecule has 1 unspecified atom stereocenters. The van der Waals surface area contributed by atoms with Gasteiger partial charge in [-0.05, 0) is 113 Å². The molecular formula is C38H41N5O8. The first-order valence-corrected chi connectivity index (χ1v) is 16.1. The van der Waals surface area contributed by atoms with Crippen molar-refractivity contribution < 1.29 is 38.5 Å². The standard InChI is InChI=1S/C38H41N5O8/c1-23-19-27(12-11-25(23)16-18-49-34(46)42-28-10-8-9-24(20-28)22-39)31(33(44)45)41-29-13-14-30-26(21-29)15-17-40-32(30)43(35(47)50-37(2,3)4)36(48)51-38(5,6)7/h8-15,17,19-21,31,41H,16,18H2,1-7H3,(H,42,46)(H,44,45). The molecule has 1 heterocycles. The summed E-state index contributed by atoms with van der Waals surface area (Å²) >= 11 is 0. The SMILES string of the molecule is Cc1cc(C(Nc2ccc3c(N(C(=O)OC(C)(C)C)C(=O)OC(C)(C)C)nccc3c2)C(=O)O)ccc1CCOC(=O)Nc1cccc(C#N)c1. The number of hydrogen-bond donors (Lipinski definition) is 3. The number of anilines is 3. The van der Waals surface area contributed by atoms with E-state index >= 15 is 0 Å². The van der Waals surface area contributed by atoms with Gasteiger partial charge >= 0.3 is 24.2 Å². The number of carboxylic acid groups (broad SMARTS) is 1. The van der Waals surface area contributed by atoms with E-state index in [4.69, 9.17) is 19.5 Å². The summed E-state index contributed by atoms with van der Waals surface area (Å²) in [6, 6.07) is 19.2. The van der Waals surface area contributed by atoms with Crippen LogP contribution in [0, 0.1) is 18.3 Å². The summed E-state index contributed by atoms with van der Waals surface area (Å²) in [5.41, 5.74) is 1.69. The highest BCUT2D eigenvalue weighted by molar-refractivity contribution is 6.14. The van der Waals surface area contributed by atoms with Crippen molar-refractivity contribution in [1.29, 1.82) is 5.26 Å². The van der Waals surface area contributed by atoms with Crippen molar-refractivity contribution >= 4 is 52.2 Å². The summed E-state index contributed by atoms with van der Waals surface area (Å²) in [6.45, 7) is 12.0. The Morgan fingerprint density at radius 1 is 0.902 bits per heavy atom. The number of hydrogen-bond acceptors (Lipinski definition) is 10. The normalized spacial score (nSPS) is 11.9. The molecule has 0 saturated carbocycles. The van der Waals surface area contributed by atoms with Crippen LogP contribution in [0.2, 0.25) is 0 Å². The maximum atomic E-state index is 13.3. The van der Waals surface area contributed by atoms with Crippen LogP contribution in [0.3, 0.4) is 0 Å². The highest BCUT2D eigenvalue weighted by Gasteiger charge is 2.34. The first-order chi connectivity index (χ1) is 23.9. The van der Waals surface area contributed by atoms with E-state index in [1.165, 1.54) is 12.3 Å². The molecular weight excluding hydrogens is 654 g/mol. The van der Waals surface area contributed by atoms with E-state index in [1.54, 1.807) is 102 Å².